The van der Waals surface area contributed by atoms with Crippen molar-refractivity contribution in [3.05, 3.63) is 81.7 Å². The number of methoxy groups -OCH3 is 1. The van der Waals surface area contributed by atoms with Crippen LogP contribution in [0.5, 0.6) is 5.75 Å². The lowest BCUT2D eigenvalue weighted by Crippen LogP contribution is -2.61. The van der Waals surface area contributed by atoms with Crippen LogP contribution in [0.4, 0.5) is 24.5 Å². The van der Waals surface area contributed by atoms with E-state index < -0.39 is 30.4 Å². The number of ketones is 2. The van der Waals surface area contributed by atoms with Gasteiger partial charge in [0.2, 0.25) is 0 Å². The number of aromatic nitrogens is 2. The number of nitrogens with one attached hydrogen (secondary N) is 1. The van der Waals surface area contributed by atoms with Gasteiger partial charge in [0.25, 0.3) is 11.5 Å². The summed E-state index contributed by atoms with van der Waals surface area (Å²) in [5.74, 6) is -3.26. The van der Waals surface area contributed by atoms with Crippen LogP contribution in [-0.4, -0.2) is 95.3 Å². The molecule has 1 N–H and O–H groups in total. The zero-order valence-electron chi connectivity index (χ0n) is 29.0. The third kappa shape index (κ3) is 7.13. The van der Waals surface area contributed by atoms with E-state index in [1.165, 1.54) is 23.9 Å². The molecule has 7 rings (SSSR count). The summed E-state index contributed by atoms with van der Waals surface area (Å²) >= 11 is 6.82. The van der Waals surface area contributed by atoms with Gasteiger partial charge in [-0.2, -0.15) is 0 Å². The molecular weight excluding hydrogens is 697 g/mol. The number of hydrogen-bond acceptors (Lipinski definition) is 9. The van der Waals surface area contributed by atoms with Crippen molar-refractivity contribution < 1.29 is 27.5 Å². The SMILES string of the molecule is COc1cc(-c2cn(C)c(=O)c3cnccc23)cc(Cl)c1CN1CCC(N2CCN(c3ccc(NC4CCC(=O)CC4=O)cc3F)CC2)C(F)(F)C1. The van der Waals surface area contributed by atoms with Crippen molar-refractivity contribution in [3.8, 4) is 16.9 Å². The summed E-state index contributed by atoms with van der Waals surface area (Å²) in [5, 5.41) is 4.61. The summed E-state index contributed by atoms with van der Waals surface area (Å²) in [6.07, 6.45) is 5.74. The van der Waals surface area contributed by atoms with E-state index in [9.17, 15) is 14.4 Å². The first kappa shape index (κ1) is 35.9. The number of Topliss-reactive ketones (excluding diaryl/α,β-unsaturated/α-hetero) is 2. The number of alkyl halides is 2. The zero-order chi connectivity index (χ0) is 36.7. The Morgan fingerprint density at radius 1 is 1.02 bits per heavy atom. The third-order valence-electron chi connectivity index (χ3n) is 10.5. The topological polar surface area (TPSA) is 100 Å². The molecule has 2 atom stereocenters. The first-order chi connectivity index (χ1) is 24.9. The van der Waals surface area contributed by atoms with E-state index in [4.69, 9.17) is 16.3 Å². The van der Waals surface area contributed by atoms with Crippen molar-refractivity contribution in [2.75, 3.05) is 56.6 Å². The molecule has 2 aromatic heterocycles. The molecule has 10 nitrogen and oxygen atoms in total. The molecule has 0 amide bonds. The van der Waals surface area contributed by atoms with Crippen molar-refractivity contribution >= 4 is 45.3 Å². The Labute approximate surface area is 304 Å². The molecule has 1 aliphatic carbocycles. The average molecular weight is 737 g/mol. The highest BCUT2D eigenvalue weighted by Crippen LogP contribution is 2.39. The van der Waals surface area contributed by atoms with Gasteiger partial charge >= 0.3 is 0 Å². The largest absolute Gasteiger partial charge is 0.496 e. The monoisotopic (exact) mass is 736 g/mol. The second-order valence-electron chi connectivity index (χ2n) is 13.9. The molecule has 0 spiro atoms. The van der Waals surface area contributed by atoms with Gasteiger partial charge in [0.15, 0.2) is 5.78 Å². The maximum Gasteiger partial charge on any atom is 0.275 e. The van der Waals surface area contributed by atoms with E-state index in [2.05, 4.69) is 10.3 Å². The number of ether oxygens (including phenoxy) is 1. The van der Waals surface area contributed by atoms with Crippen molar-refractivity contribution in [3.63, 3.8) is 0 Å². The van der Waals surface area contributed by atoms with Crippen molar-refractivity contribution in [2.24, 2.45) is 7.05 Å². The van der Waals surface area contributed by atoms with Gasteiger partial charge < -0.3 is 19.5 Å². The number of anilines is 2. The molecule has 4 heterocycles. The van der Waals surface area contributed by atoms with E-state index >= 15 is 13.2 Å². The standard InChI is InChI=1S/C38H40ClF3N6O4/c1-45-20-28(26-7-9-43-19-27(26)37(45)51)23-15-30(39)29(35(16-23)52-2)21-46-10-8-36(38(41,42)22-46)48-13-11-47(12-14-48)33-6-3-24(17-31(33)40)44-32-5-4-25(49)18-34(32)50/h3,6-7,9,15-17,19-20,32,36,44H,4-5,8,10-14,18,21-22H2,1-2H3. The Balaban J connectivity index is 0.985. The quantitative estimate of drug-likeness (QED) is 0.234. The molecule has 2 unspecified atom stereocenters. The van der Waals surface area contributed by atoms with Crippen LogP contribution in [0.1, 0.15) is 31.2 Å². The molecule has 2 saturated heterocycles. The number of likely N-dealkylation sites (tertiary alicyclic amines) is 1. The highest BCUT2D eigenvalue weighted by Gasteiger charge is 2.48. The number of aryl methyl sites for hydroxylation is 1. The minimum Gasteiger partial charge on any atom is -0.496 e. The average Bonchev–Trinajstić information content (AvgIpc) is 3.12. The fraction of sp³-hybridized carbons (Fsp3) is 0.421. The number of rotatable bonds is 8. The maximum absolute atomic E-state index is 15.9. The molecule has 4 aromatic rings. The van der Waals surface area contributed by atoms with Gasteiger partial charge in [-0.15, -0.1) is 0 Å². The minimum absolute atomic E-state index is 0.0766. The fourth-order valence-corrected chi connectivity index (χ4v) is 8.08. The second kappa shape index (κ2) is 14.5. The number of hydrogen-bond donors (Lipinski definition) is 1. The molecule has 52 heavy (non-hydrogen) atoms. The Bertz CT molecular complexity index is 2090. The number of carbonyl (C=O) groups is 2. The highest BCUT2D eigenvalue weighted by atomic mass is 35.5. The van der Waals surface area contributed by atoms with Crippen molar-refractivity contribution in [1.82, 2.24) is 19.4 Å². The lowest BCUT2D eigenvalue weighted by atomic mass is 9.93. The van der Waals surface area contributed by atoms with Crippen LogP contribution in [0.15, 0.2) is 59.8 Å². The van der Waals surface area contributed by atoms with Gasteiger partial charge in [-0.05, 0) is 60.2 Å². The van der Waals surface area contributed by atoms with Gasteiger partial charge in [0.1, 0.15) is 17.3 Å². The molecule has 3 fully saturated rings. The number of nitrogens with zero attached hydrogens (tertiary/aromatic N) is 5. The molecule has 274 valence electrons. The summed E-state index contributed by atoms with van der Waals surface area (Å²) in [5.41, 5.74) is 2.77. The first-order valence-electron chi connectivity index (χ1n) is 17.4. The normalized spacial score (nSPS) is 21.5. The molecule has 0 bridgehead atoms. The van der Waals surface area contributed by atoms with E-state index in [0.29, 0.717) is 78.7 Å². The lowest BCUT2D eigenvalue weighted by molar-refractivity contribution is -0.130. The van der Waals surface area contributed by atoms with Gasteiger partial charge in [0, 0.05) is 93.2 Å². The van der Waals surface area contributed by atoms with Crippen LogP contribution in [0.2, 0.25) is 5.02 Å². The van der Waals surface area contributed by atoms with E-state index in [1.807, 2.05) is 15.9 Å². The Morgan fingerprint density at radius 3 is 2.52 bits per heavy atom. The molecule has 14 heteroatoms. The van der Waals surface area contributed by atoms with Crippen molar-refractivity contribution in [1.29, 1.82) is 0 Å². The van der Waals surface area contributed by atoms with Crippen LogP contribution in [0, 0.1) is 5.82 Å². The van der Waals surface area contributed by atoms with E-state index in [0.717, 1.165) is 16.5 Å². The number of piperidine rings is 1. The van der Waals surface area contributed by atoms with Crippen LogP contribution < -0.4 is 20.5 Å². The zero-order valence-corrected chi connectivity index (χ0v) is 29.8. The van der Waals surface area contributed by atoms with E-state index in [1.54, 1.807) is 48.6 Å². The van der Waals surface area contributed by atoms with Crippen molar-refractivity contribution in [2.45, 2.75) is 50.2 Å². The number of benzene rings is 2. The lowest BCUT2D eigenvalue weighted by Gasteiger charge is -2.46. The Hall–Kier alpha value is -4.46. The first-order valence-corrected chi connectivity index (χ1v) is 17.8. The maximum atomic E-state index is 15.9. The molecule has 2 aliphatic heterocycles. The number of fused-ring (bicyclic) bond motifs is 1. The van der Waals surface area contributed by atoms with Gasteiger partial charge in [0.05, 0.1) is 43.2 Å². The predicted molar refractivity (Wildman–Crippen MR) is 194 cm³/mol. The Kier molecular flexibility index (Phi) is 10.0. The summed E-state index contributed by atoms with van der Waals surface area (Å²) < 4.78 is 54.2. The highest BCUT2D eigenvalue weighted by molar-refractivity contribution is 6.32. The minimum atomic E-state index is -3.00. The van der Waals surface area contributed by atoms with E-state index in [-0.39, 0.29) is 36.5 Å². The Morgan fingerprint density at radius 2 is 1.81 bits per heavy atom. The van der Waals surface area contributed by atoms with Crippen LogP contribution >= 0.6 is 11.6 Å². The van der Waals surface area contributed by atoms with Crippen LogP contribution in [0.3, 0.4) is 0 Å². The third-order valence-corrected chi connectivity index (χ3v) is 10.9. The summed E-state index contributed by atoms with van der Waals surface area (Å²) in [4.78, 5) is 45.9. The molecule has 3 aliphatic rings. The number of pyridine rings is 2. The van der Waals surface area contributed by atoms with Gasteiger partial charge in [-0.1, -0.05) is 11.6 Å². The molecule has 2 aromatic carbocycles. The summed E-state index contributed by atoms with van der Waals surface area (Å²) in [6, 6.07) is 8.59. The number of piperazine rings is 1. The summed E-state index contributed by atoms with van der Waals surface area (Å²) in [7, 11) is 3.19. The summed E-state index contributed by atoms with van der Waals surface area (Å²) in [6.45, 7) is 1.67. The van der Waals surface area contributed by atoms with Crippen LogP contribution in [-0.2, 0) is 23.2 Å². The molecular formula is C38H40ClF3N6O4. The predicted octanol–water partition coefficient (Wildman–Crippen LogP) is 5.54. The smallest absolute Gasteiger partial charge is 0.275 e. The fourth-order valence-electron chi connectivity index (χ4n) is 7.80. The van der Waals surface area contributed by atoms with Gasteiger partial charge in [-0.3, -0.25) is 29.2 Å². The number of halogens is 4. The number of carbonyl (C=O) groups excluding carboxylic acids is 2. The molecule has 0 radical (unpaired) electrons. The van der Waals surface area contributed by atoms with Crippen LogP contribution in [0.25, 0.3) is 21.9 Å². The van der Waals surface area contributed by atoms with Gasteiger partial charge in [-0.25, -0.2) is 13.2 Å². The molecule has 1 saturated carbocycles. The second-order valence-corrected chi connectivity index (χ2v) is 14.3.